The Balaban J connectivity index is 1.30. The van der Waals surface area contributed by atoms with Crippen molar-refractivity contribution in [3.63, 3.8) is 0 Å². The number of nitriles is 1. The van der Waals surface area contributed by atoms with E-state index in [-0.39, 0.29) is 35.2 Å². The quantitative estimate of drug-likeness (QED) is 0.290. The van der Waals surface area contributed by atoms with Gasteiger partial charge < -0.3 is 21.5 Å². The maximum absolute atomic E-state index is 13.2. The highest BCUT2D eigenvalue weighted by atomic mass is 19.1. The second-order valence-corrected chi connectivity index (χ2v) is 9.37. The molecule has 11 heteroatoms. The molecular weight excluding hydrogens is 489 g/mol. The number of rotatable bonds is 9. The van der Waals surface area contributed by atoms with Crippen molar-refractivity contribution >= 4 is 17.4 Å². The zero-order chi connectivity index (χ0) is 27.4. The van der Waals surface area contributed by atoms with Crippen LogP contribution in [0.25, 0.3) is 11.3 Å². The molecule has 2 heterocycles. The first-order chi connectivity index (χ1) is 18.2. The van der Waals surface area contributed by atoms with Crippen LogP contribution in [0.2, 0.25) is 0 Å². The van der Waals surface area contributed by atoms with Crippen molar-refractivity contribution in [1.82, 2.24) is 20.1 Å². The molecule has 1 aliphatic rings. The Labute approximate surface area is 219 Å². The molecule has 1 saturated carbocycles. The Bertz CT molecular complexity index is 1400. The van der Waals surface area contributed by atoms with E-state index in [0.29, 0.717) is 35.6 Å². The van der Waals surface area contributed by atoms with Gasteiger partial charge in [-0.3, -0.25) is 14.6 Å². The Morgan fingerprint density at radius 1 is 1.21 bits per heavy atom. The fourth-order valence-corrected chi connectivity index (χ4v) is 4.53. The van der Waals surface area contributed by atoms with Crippen LogP contribution in [0.1, 0.15) is 53.5 Å². The van der Waals surface area contributed by atoms with E-state index in [4.69, 9.17) is 21.5 Å². The lowest BCUT2D eigenvalue weighted by Crippen LogP contribution is -2.39. The summed E-state index contributed by atoms with van der Waals surface area (Å²) >= 11 is 0. The van der Waals surface area contributed by atoms with Gasteiger partial charge >= 0.3 is 0 Å². The van der Waals surface area contributed by atoms with Gasteiger partial charge in [0.2, 0.25) is 0 Å². The molecule has 10 nitrogen and oxygen atoms in total. The zero-order valence-corrected chi connectivity index (χ0v) is 21.0. The van der Waals surface area contributed by atoms with Gasteiger partial charge in [0, 0.05) is 6.04 Å². The average Bonchev–Trinajstić information content (AvgIpc) is 3.25. The monoisotopic (exact) mass is 517 g/mol. The van der Waals surface area contributed by atoms with Gasteiger partial charge in [0.1, 0.15) is 17.5 Å². The SMILES string of the molecule is Cc1c(C(=O)N[C@@H](C)CC2CC(OC(N)=C(C(N)=O)c3ccc(F)cn3)C2)cnn1-c1ccc(C#N)cc1. The summed E-state index contributed by atoms with van der Waals surface area (Å²) in [6.07, 6.45) is 4.43. The van der Waals surface area contributed by atoms with Gasteiger partial charge in [0.05, 0.1) is 46.7 Å². The van der Waals surface area contributed by atoms with Gasteiger partial charge in [-0.05, 0) is 75.4 Å². The lowest BCUT2D eigenvalue weighted by Gasteiger charge is -2.37. The molecule has 0 radical (unpaired) electrons. The van der Waals surface area contributed by atoms with E-state index >= 15 is 0 Å². The van der Waals surface area contributed by atoms with Crippen LogP contribution in [0.4, 0.5) is 4.39 Å². The van der Waals surface area contributed by atoms with Crippen LogP contribution >= 0.6 is 0 Å². The predicted molar refractivity (Wildman–Crippen MR) is 137 cm³/mol. The molecule has 0 unspecified atom stereocenters. The van der Waals surface area contributed by atoms with Crippen molar-refractivity contribution in [2.24, 2.45) is 17.4 Å². The third kappa shape index (κ3) is 5.81. The lowest BCUT2D eigenvalue weighted by molar-refractivity contribution is -0.113. The van der Waals surface area contributed by atoms with Crippen LogP contribution in [0.15, 0.2) is 54.7 Å². The molecular formula is C27H28FN7O3. The molecule has 0 spiro atoms. The second kappa shape index (κ2) is 11.1. The Kier molecular flexibility index (Phi) is 7.71. The predicted octanol–water partition coefficient (Wildman–Crippen LogP) is 2.70. The smallest absolute Gasteiger partial charge is 0.256 e. The van der Waals surface area contributed by atoms with Crippen molar-refractivity contribution in [2.75, 3.05) is 0 Å². The number of nitrogens with zero attached hydrogens (tertiary/aromatic N) is 4. The van der Waals surface area contributed by atoms with E-state index in [1.807, 2.05) is 13.8 Å². The second-order valence-electron chi connectivity index (χ2n) is 9.37. The molecule has 1 atom stereocenters. The molecule has 2 aromatic heterocycles. The van der Waals surface area contributed by atoms with E-state index < -0.39 is 11.7 Å². The fraction of sp³-hybridized carbons (Fsp3) is 0.296. The number of carbonyl (C=O) groups is 2. The third-order valence-corrected chi connectivity index (χ3v) is 6.52. The van der Waals surface area contributed by atoms with E-state index in [9.17, 15) is 14.0 Å². The molecule has 1 aromatic carbocycles. The highest BCUT2D eigenvalue weighted by Gasteiger charge is 2.33. The molecule has 5 N–H and O–H groups in total. The van der Waals surface area contributed by atoms with Gasteiger partial charge in [-0.15, -0.1) is 0 Å². The summed E-state index contributed by atoms with van der Waals surface area (Å²) in [5, 5.41) is 16.3. The minimum atomic E-state index is -0.813. The fourth-order valence-electron chi connectivity index (χ4n) is 4.53. The number of nitrogens with two attached hydrogens (primary N) is 2. The largest absolute Gasteiger partial charge is 0.475 e. The summed E-state index contributed by atoms with van der Waals surface area (Å²) in [5.41, 5.74) is 14.0. The van der Waals surface area contributed by atoms with E-state index in [2.05, 4.69) is 21.5 Å². The molecule has 196 valence electrons. The van der Waals surface area contributed by atoms with Crippen LogP contribution in [0.5, 0.6) is 0 Å². The number of pyridine rings is 1. The van der Waals surface area contributed by atoms with Gasteiger partial charge in [0.25, 0.3) is 11.8 Å². The minimum absolute atomic E-state index is 0.0917. The molecule has 4 rings (SSSR count). The maximum atomic E-state index is 13.2. The van der Waals surface area contributed by atoms with E-state index in [0.717, 1.165) is 24.4 Å². The standard InChI is InChI=1S/C27H28FN7O3/c1-15(34-27(37)22-14-33-35(16(22)2)20-6-3-17(12-29)4-7-20)9-18-10-21(11-18)38-26(31)24(25(30)36)23-8-5-19(28)13-32-23/h3-8,13-15,18,21H,9-11,31H2,1-2H3,(H2,30,36)(H,34,37)/t15-,18?,21?/m0/s1. The molecule has 0 aliphatic heterocycles. The maximum Gasteiger partial charge on any atom is 0.256 e. The topological polar surface area (TPSA) is 162 Å². The van der Waals surface area contributed by atoms with Gasteiger partial charge in [-0.2, -0.15) is 10.4 Å². The van der Waals surface area contributed by atoms with E-state index in [1.165, 1.54) is 12.3 Å². The number of hydrogen-bond donors (Lipinski definition) is 3. The minimum Gasteiger partial charge on any atom is -0.475 e. The summed E-state index contributed by atoms with van der Waals surface area (Å²) < 4.78 is 20.6. The third-order valence-electron chi connectivity index (χ3n) is 6.52. The van der Waals surface area contributed by atoms with Crippen molar-refractivity contribution in [3.05, 3.63) is 83.0 Å². The van der Waals surface area contributed by atoms with Crippen LogP contribution < -0.4 is 16.8 Å². The highest BCUT2D eigenvalue weighted by molar-refractivity contribution is 6.18. The Hall–Kier alpha value is -4.72. The first kappa shape index (κ1) is 26.3. The Morgan fingerprint density at radius 3 is 2.53 bits per heavy atom. The highest BCUT2D eigenvalue weighted by Crippen LogP contribution is 2.35. The summed E-state index contributed by atoms with van der Waals surface area (Å²) in [7, 11) is 0. The van der Waals surface area contributed by atoms with Gasteiger partial charge in [0.15, 0.2) is 5.88 Å². The summed E-state index contributed by atoms with van der Waals surface area (Å²) in [5.74, 6) is -1.42. The van der Waals surface area contributed by atoms with E-state index in [1.54, 1.807) is 28.9 Å². The number of nitrogens with one attached hydrogen (secondary N) is 1. The molecule has 0 bridgehead atoms. The summed E-state index contributed by atoms with van der Waals surface area (Å²) in [6, 6.07) is 11.4. The lowest BCUT2D eigenvalue weighted by atomic mass is 9.78. The number of hydrogen-bond acceptors (Lipinski definition) is 7. The number of carbonyl (C=O) groups excluding carboxylic acids is 2. The number of aromatic nitrogens is 3. The first-order valence-corrected chi connectivity index (χ1v) is 12.1. The van der Waals surface area contributed by atoms with Gasteiger partial charge in [-0.25, -0.2) is 9.07 Å². The van der Waals surface area contributed by atoms with Gasteiger partial charge in [-0.1, -0.05) is 0 Å². The molecule has 2 amide bonds. The molecule has 0 saturated heterocycles. The zero-order valence-electron chi connectivity index (χ0n) is 21.0. The van der Waals surface area contributed by atoms with Crippen LogP contribution in [0.3, 0.4) is 0 Å². The van der Waals surface area contributed by atoms with Crippen LogP contribution in [-0.2, 0) is 9.53 Å². The summed E-state index contributed by atoms with van der Waals surface area (Å²) in [4.78, 5) is 28.6. The number of primary amides is 1. The number of amides is 2. The van der Waals surface area contributed by atoms with Crippen molar-refractivity contribution in [1.29, 1.82) is 5.26 Å². The molecule has 1 aliphatic carbocycles. The number of ether oxygens (including phenoxy) is 1. The van der Waals surface area contributed by atoms with Crippen LogP contribution in [-0.4, -0.2) is 38.7 Å². The van der Waals surface area contributed by atoms with Crippen molar-refractivity contribution < 1.29 is 18.7 Å². The Morgan fingerprint density at radius 2 is 1.92 bits per heavy atom. The first-order valence-electron chi connectivity index (χ1n) is 12.1. The number of benzene rings is 1. The van der Waals surface area contributed by atoms with Crippen LogP contribution in [0, 0.1) is 30.0 Å². The van der Waals surface area contributed by atoms with Crippen molar-refractivity contribution in [2.45, 2.75) is 45.3 Å². The average molecular weight is 518 g/mol. The number of halogens is 1. The molecule has 3 aromatic rings. The van der Waals surface area contributed by atoms with Crippen molar-refractivity contribution in [3.8, 4) is 11.8 Å². The molecule has 1 fully saturated rings. The molecule has 38 heavy (non-hydrogen) atoms. The summed E-state index contributed by atoms with van der Waals surface area (Å²) in [6.45, 7) is 3.75. The normalized spacial score (nSPS) is 17.9.